The van der Waals surface area contributed by atoms with Crippen LogP contribution in [-0.2, 0) is 4.74 Å². The van der Waals surface area contributed by atoms with Crippen molar-refractivity contribution in [2.24, 2.45) is 0 Å². The quantitative estimate of drug-likeness (QED) is 0.689. The summed E-state index contributed by atoms with van der Waals surface area (Å²) in [7, 11) is 0. The van der Waals surface area contributed by atoms with Crippen molar-refractivity contribution in [1.29, 1.82) is 0 Å². The van der Waals surface area contributed by atoms with Gasteiger partial charge in [-0.25, -0.2) is 4.79 Å². The van der Waals surface area contributed by atoms with Crippen LogP contribution < -0.4 is 10.0 Å². The molecule has 1 saturated heterocycles. The van der Waals surface area contributed by atoms with E-state index in [1.54, 1.807) is 0 Å². The van der Waals surface area contributed by atoms with Gasteiger partial charge in [0, 0.05) is 6.61 Å². The summed E-state index contributed by atoms with van der Waals surface area (Å²) in [6, 6.07) is -0.423. The van der Waals surface area contributed by atoms with Gasteiger partial charge in [-0.3, -0.25) is 10.0 Å². The fourth-order valence-corrected chi connectivity index (χ4v) is 2.19. The third-order valence-electron chi connectivity index (χ3n) is 1.97. The average molecular weight is 246 g/mol. The molecular formula is C7H10N4O2S2. The van der Waals surface area contributed by atoms with Crippen LogP contribution in [0.5, 0.6) is 0 Å². The van der Waals surface area contributed by atoms with Gasteiger partial charge in [0.15, 0.2) is 0 Å². The predicted octanol–water partition coefficient (Wildman–Crippen LogP) is 1.36. The topological polar surface area (TPSA) is 76.1 Å². The lowest BCUT2D eigenvalue weighted by atomic mass is 10.2. The molecule has 1 aliphatic heterocycles. The van der Waals surface area contributed by atoms with Gasteiger partial charge < -0.3 is 4.74 Å². The first kappa shape index (κ1) is 10.7. The number of anilines is 1. The molecule has 8 heteroatoms. The Kier molecular flexibility index (Phi) is 3.39. The van der Waals surface area contributed by atoms with Crippen LogP contribution in [0.1, 0.15) is 24.0 Å². The molecule has 1 unspecified atom stereocenters. The van der Waals surface area contributed by atoms with E-state index in [0.717, 1.165) is 24.5 Å². The molecular weight excluding hydrogens is 236 g/mol. The van der Waals surface area contributed by atoms with E-state index in [2.05, 4.69) is 33.1 Å². The fourth-order valence-electron chi connectivity index (χ4n) is 1.31. The molecule has 1 atom stereocenters. The second kappa shape index (κ2) is 4.77. The number of hydrogen-bond donors (Lipinski definition) is 3. The van der Waals surface area contributed by atoms with E-state index in [-0.39, 0.29) is 6.10 Å². The van der Waals surface area contributed by atoms with Crippen molar-refractivity contribution in [3.05, 3.63) is 5.01 Å². The first-order valence-electron chi connectivity index (χ1n) is 4.45. The summed E-state index contributed by atoms with van der Waals surface area (Å²) in [6.45, 7) is 0.768. The summed E-state index contributed by atoms with van der Waals surface area (Å²) in [5.74, 6) is 0. The van der Waals surface area contributed by atoms with Crippen LogP contribution in [0.2, 0.25) is 0 Å². The van der Waals surface area contributed by atoms with Crippen molar-refractivity contribution < 1.29 is 9.53 Å². The third kappa shape index (κ3) is 2.58. The summed E-state index contributed by atoms with van der Waals surface area (Å²) in [4.78, 5) is 10.9. The number of nitrogens with zero attached hydrogens (tertiary/aromatic N) is 2. The number of rotatable bonds is 2. The molecule has 2 amide bonds. The minimum atomic E-state index is -0.423. The largest absolute Gasteiger partial charge is 0.371 e. The second-order valence-electron chi connectivity index (χ2n) is 3.01. The zero-order valence-corrected chi connectivity index (χ0v) is 9.48. The van der Waals surface area contributed by atoms with Crippen LogP contribution in [0, 0.1) is 0 Å². The van der Waals surface area contributed by atoms with Gasteiger partial charge in [0.2, 0.25) is 5.13 Å². The molecule has 2 N–H and O–H groups in total. The average Bonchev–Trinajstić information content (AvgIpc) is 2.85. The number of amides is 2. The van der Waals surface area contributed by atoms with Crippen LogP contribution in [0.4, 0.5) is 9.93 Å². The predicted molar refractivity (Wildman–Crippen MR) is 59.0 cm³/mol. The van der Waals surface area contributed by atoms with Crippen LogP contribution >= 0.6 is 24.2 Å². The lowest BCUT2D eigenvalue weighted by Crippen LogP contribution is -2.20. The summed E-state index contributed by atoms with van der Waals surface area (Å²) in [5, 5.41) is 11.5. The summed E-state index contributed by atoms with van der Waals surface area (Å²) in [6.07, 6.45) is 2.05. The monoisotopic (exact) mass is 246 g/mol. The zero-order valence-electron chi connectivity index (χ0n) is 7.77. The summed E-state index contributed by atoms with van der Waals surface area (Å²) >= 11 is 4.93. The molecule has 2 rings (SSSR count). The van der Waals surface area contributed by atoms with E-state index in [1.165, 1.54) is 11.3 Å². The maximum absolute atomic E-state index is 10.9. The molecule has 0 aromatic carbocycles. The van der Waals surface area contributed by atoms with E-state index in [0.29, 0.717) is 5.13 Å². The number of aromatic nitrogens is 2. The lowest BCUT2D eigenvalue weighted by molar-refractivity contribution is 0.111. The molecule has 1 aromatic rings. The molecule has 82 valence electrons. The van der Waals surface area contributed by atoms with Crippen molar-refractivity contribution in [2.75, 3.05) is 11.9 Å². The van der Waals surface area contributed by atoms with Gasteiger partial charge in [0.1, 0.15) is 11.1 Å². The van der Waals surface area contributed by atoms with E-state index in [9.17, 15) is 4.79 Å². The Bertz CT molecular complexity index is 351. The lowest BCUT2D eigenvalue weighted by Gasteiger charge is -2.02. The minimum Gasteiger partial charge on any atom is -0.371 e. The number of urea groups is 1. The molecule has 1 fully saturated rings. The number of carbonyl (C=O) groups is 1. The summed E-state index contributed by atoms with van der Waals surface area (Å²) in [5.41, 5.74) is 0. The van der Waals surface area contributed by atoms with Crippen LogP contribution in [0.15, 0.2) is 0 Å². The molecule has 6 nitrogen and oxygen atoms in total. The molecule has 15 heavy (non-hydrogen) atoms. The number of ether oxygens (including phenoxy) is 1. The number of hydrogen-bond acceptors (Lipinski definition) is 6. The first-order chi connectivity index (χ1) is 7.29. The van der Waals surface area contributed by atoms with Gasteiger partial charge in [-0.1, -0.05) is 24.2 Å². The number of nitrogens with one attached hydrogen (secondary N) is 2. The van der Waals surface area contributed by atoms with Crippen molar-refractivity contribution in [3.63, 3.8) is 0 Å². The molecule has 0 aliphatic carbocycles. The van der Waals surface area contributed by atoms with Gasteiger partial charge in [-0.15, -0.1) is 10.2 Å². The Morgan fingerprint density at radius 3 is 3.13 bits per heavy atom. The minimum absolute atomic E-state index is 0.0390. The van der Waals surface area contributed by atoms with Gasteiger partial charge >= 0.3 is 6.03 Å². The first-order valence-corrected chi connectivity index (χ1v) is 5.72. The smallest absolute Gasteiger partial charge is 0.330 e. The van der Waals surface area contributed by atoms with E-state index in [1.807, 2.05) is 0 Å². The van der Waals surface area contributed by atoms with Gasteiger partial charge in [-0.2, -0.15) is 0 Å². The molecule has 0 spiro atoms. The highest BCUT2D eigenvalue weighted by Crippen LogP contribution is 2.31. The van der Waals surface area contributed by atoms with Gasteiger partial charge in [0.25, 0.3) is 0 Å². The second-order valence-corrected chi connectivity index (χ2v) is 4.25. The van der Waals surface area contributed by atoms with E-state index < -0.39 is 6.03 Å². The van der Waals surface area contributed by atoms with E-state index >= 15 is 0 Å². The van der Waals surface area contributed by atoms with Gasteiger partial charge in [-0.05, 0) is 12.8 Å². The highest BCUT2D eigenvalue weighted by atomic mass is 32.1. The van der Waals surface area contributed by atoms with Crippen LogP contribution in [-0.4, -0.2) is 22.8 Å². The maximum Gasteiger partial charge on any atom is 0.330 e. The summed E-state index contributed by atoms with van der Waals surface area (Å²) < 4.78 is 7.59. The maximum atomic E-state index is 10.9. The number of thiol groups is 1. The third-order valence-corrected chi connectivity index (χ3v) is 3.10. The Labute approximate surface area is 96.0 Å². The Balaban J connectivity index is 2.00. The normalized spacial score (nSPS) is 20.2. The van der Waals surface area contributed by atoms with Crippen molar-refractivity contribution in [2.45, 2.75) is 18.9 Å². The highest BCUT2D eigenvalue weighted by molar-refractivity contribution is 7.78. The van der Waals surface area contributed by atoms with Crippen LogP contribution in [0.25, 0.3) is 0 Å². The van der Waals surface area contributed by atoms with Crippen molar-refractivity contribution in [1.82, 2.24) is 14.9 Å². The van der Waals surface area contributed by atoms with Crippen LogP contribution in [0.3, 0.4) is 0 Å². The Morgan fingerprint density at radius 2 is 2.47 bits per heavy atom. The standard InChI is InChI=1S/C7H10N4O2S2/c12-6(11-14)8-7-10-9-5(15-7)4-2-1-3-13-4/h4,14H,1-3H2,(H2,8,10,11,12). The SMILES string of the molecule is O=C(NS)Nc1nnc(C2CCCO2)s1. The van der Waals surface area contributed by atoms with Crippen molar-refractivity contribution >= 4 is 35.3 Å². The van der Waals surface area contributed by atoms with Gasteiger partial charge in [0.05, 0.1) is 0 Å². The molecule has 2 heterocycles. The molecule has 1 aromatic heterocycles. The molecule has 0 radical (unpaired) electrons. The number of carbonyl (C=O) groups excluding carboxylic acids is 1. The molecule has 1 aliphatic rings. The fraction of sp³-hybridized carbons (Fsp3) is 0.571. The highest BCUT2D eigenvalue weighted by Gasteiger charge is 2.22. The van der Waals surface area contributed by atoms with Crippen molar-refractivity contribution in [3.8, 4) is 0 Å². The molecule has 0 saturated carbocycles. The Hall–Kier alpha value is -0.860. The van der Waals surface area contributed by atoms with E-state index in [4.69, 9.17) is 4.74 Å². The zero-order chi connectivity index (χ0) is 10.7. The molecule has 0 bridgehead atoms. The Morgan fingerprint density at radius 1 is 1.60 bits per heavy atom.